The van der Waals surface area contributed by atoms with E-state index < -0.39 is 6.10 Å². The number of aromatic hydroxyl groups is 1. The van der Waals surface area contributed by atoms with Crippen LogP contribution < -0.4 is 0 Å². The van der Waals surface area contributed by atoms with E-state index in [-0.39, 0.29) is 23.9 Å². The fourth-order valence-corrected chi connectivity index (χ4v) is 2.20. The Kier molecular flexibility index (Phi) is 2.76. The predicted octanol–water partition coefficient (Wildman–Crippen LogP) is 2.36. The van der Waals surface area contributed by atoms with Crippen LogP contribution in [0.3, 0.4) is 0 Å². The number of ether oxygens (including phenoxy) is 1. The summed E-state index contributed by atoms with van der Waals surface area (Å²) in [4.78, 5) is 14.6. The van der Waals surface area contributed by atoms with Crippen LogP contribution in [0.15, 0.2) is 30.5 Å². The van der Waals surface area contributed by atoms with Gasteiger partial charge in [0.25, 0.3) is 0 Å². The van der Waals surface area contributed by atoms with Crippen LogP contribution >= 0.6 is 0 Å². The number of hydrogen-bond acceptors (Lipinski definition) is 4. The second kappa shape index (κ2) is 4.44. The van der Waals surface area contributed by atoms with Crippen LogP contribution in [0.1, 0.15) is 33.3 Å². The SMILES string of the molecule is O=Cc1ncc2c(c1O)COC2c1ccc(F)cc1. The molecule has 96 valence electrons. The first kappa shape index (κ1) is 11.8. The summed E-state index contributed by atoms with van der Waals surface area (Å²) in [5.41, 5.74) is 2.04. The molecule has 2 heterocycles. The number of aromatic nitrogens is 1. The Hall–Kier alpha value is -2.27. The van der Waals surface area contributed by atoms with Crippen LogP contribution in [0.5, 0.6) is 5.75 Å². The highest BCUT2D eigenvalue weighted by Gasteiger charge is 2.29. The van der Waals surface area contributed by atoms with Crippen LogP contribution in [-0.4, -0.2) is 16.4 Å². The van der Waals surface area contributed by atoms with Gasteiger partial charge in [-0.3, -0.25) is 4.79 Å². The maximum atomic E-state index is 12.9. The number of benzene rings is 1. The van der Waals surface area contributed by atoms with E-state index in [0.29, 0.717) is 17.4 Å². The molecule has 19 heavy (non-hydrogen) atoms. The Balaban J connectivity index is 2.05. The summed E-state index contributed by atoms with van der Waals surface area (Å²) < 4.78 is 18.5. The number of pyridine rings is 1. The zero-order valence-corrected chi connectivity index (χ0v) is 9.84. The van der Waals surface area contributed by atoms with Gasteiger partial charge in [-0.05, 0) is 17.7 Å². The minimum atomic E-state index is -0.394. The van der Waals surface area contributed by atoms with Crippen molar-refractivity contribution in [1.82, 2.24) is 4.98 Å². The van der Waals surface area contributed by atoms with E-state index in [1.165, 1.54) is 18.3 Å². The van der Waals surface area contributed by atoms with Gasteiger partial charge in [0.2, 0.25) is 0 Å². The van der Waals surface area contributed by atoms with E-state index in [9.17, 15) is 14.3 Å². The van der Waals surface area contributed by atoms with Crippen molar-refractivity contribution in [2.45, 2.75) is 12.7 Å². The number of carbonyl (C=O) groups excluding carboxylic acids is 1. The molecule has 1 unspecified atom stereocenters. The van der Waals surface area contributed by atoms with Gasteiger partial charge in [-0.1, -0.05) is 12.1 Å². The molecule has 4 nitrogen and oxygen atoms in total. The van der Waals surface area contributed by atoms with Gasteiger partial charge < -0.3 is 9.84 Å². The number of halogens is 1. The smallest absolute Gasteiger partial charge is 0.172 e. The highest BCUT2D eigenvalue weighted by Crippen LogP contribution is 2.39. The van der Waals surface area contributed by atoms with Crippen LogP contribution in [0.2, 0.25) is 0 Å². The standard InChI is InChI=1S/C14H10FNO3/c15-9-3-1-8(2-4-9)14-10-5-16-12(6-17)13(18)11(10)7-19-14/h1-6,14,18H,7H2. The second-order valence-electron chi connectivity index (χ2n) is 4.29. The van der Waals surface area contributed by atoms with Crippen molar-refractivity contribution < 1.29 is 19.0 Å². The van der Waals surface area contributed by atoms with Gasteiger partial charge in [-0.15, -0.1) is 0 Å². The second-order valence-corrected chi connectivity index (χ2v) is 4.29. The van der Waals surface area contributed by atoms with Gasteiger partial charge in [0.1, 0.15) is 17.6 Å². The molecular weight excluding hydrogens is 249 g/mol. The van der Waals surface area contributed by atoms with Crippen molar-refractivity contribution >= 4 is 6.29 Å². The Morgan fingerprint density at radius 2 is 2.11 bits per heavy atom. The molecule has 1 atom stereocenters. The van der Waals surface area contributed by atoms with Crippen molar-refractivity contribution in [1.29, 1.82) is 0 Å². The lowest BCUT2D eigenvalue weighted by atomic mass is 10.0. The average Bonchev–Trinajstić information content (AvgIpc) is 2.85. The van der Waals surface area contributed by atoms with Crippen LogP contribution in [0, 0.1) is 5.82 Å². The Morgan fingerprint density at radius 1 is 1.37 bits per heavy atom. The van der Waals surface area contributed by atoms with Gasteiger partial charge in [-0.2, -0.15) is 0 Å². The number of rotatable bonds is 2. The first-order valence-electron chi connectivity index (χ1n) is 5.73. The minimum Gasteiger partial charge on any atom is -0.505 e. The number of carbonyl (C=O) groups is 1. The zero-order valence-electron chi connectivity index (χ0n) is 9.84. The average molecular weight is 259 g/mol. The van der Waals surface area contributed by atoms with Gasteiger partial charge in [0, 0.05) is 17.3 Å². The Labute approximate surface area is 108 Å². The molecule has 0 aliphatic carbocycles. The highest BCUT2D eigenvalue weighted by atomic mass is 19.1. The molecule has 0 bridgehead atoms. The summed E-state index contributed by atoms with van der Waals surface area (Å²) >= 11 is 0. The summed E-state index contributed by atoms with van der Waals surface area (Å²) in [7, 11) is 0. The van der Waals surface area contributed by atoms with Crippen LogP contribution in [-0.2, 0) is 11.3 Å². The quantitative estimate of drug-likeness (QED) is 0.841. The molecular formula is C14H10FNO3. The first-order chi connectivity index (χ1) is 9.20. The van der Waals surface area contributed by atoms with Crippen molar-refractivity contribution in [3.8, 4) is 5.75 Å². The van der Waals surface area contributed by atoms with E-state index in [4.69, 9.17) is 4.74 Å². The lowest BCUT2D eigenvalue weighted by Gasteiger charge is -2.11. The summed E-state index contributed by atoms with van der Waals surface area (Å²) in [5, 5.41) is 9.88. The number of aldehydes is 1. The van der Waals surface area contributed by atoms with Crippen LogP contribution in [0.4, 0.5) is 4.39 Å². The van der Waals surface area contributed by atoms with Crippen molar-refractivity contribution in [2.75, 3.05) is 0 Å². The zero-order chi connectivity index (χ0) is 13.4. The number of fused-ring (bicyclic) bond motifs is 1. The van der Waals surface area contributed by atoms with Gasteiger partial charge in [-0.25, -0.2) is 9.37 Å². The lowest BCUT2D eigenvalue weighted by molar-refractivity contribution is 0.0931. The molecule has 0 amide bonds. The Morgan fingerprint density at radius 3 is 2.79 bits per heavy atom. The topological polar surface area (TPSA) is 59.4 Å². The molecule has 0 saturated heterocycles. The van der Waals surface area contributed by atoms with E-state index in [1.54, 1.807) is 12.1 Å². The lowest BCUT2D eigenvalue weighted by Crippen LogP contribution is -2.00. The molecule has 3 rings (SSSR count). The fourth-order valence-electron chi connectivity index (χ4n) is 2.20. The van der Waals surface area contributed by atoms with Crippen LogP contribution in [0.25, 0.3) is 0 Å². The molecule has 1 aromatic carbocycles. The maximum absolute atomic E-state index is 12.9. The Bertz CT molecular complexity index is 640. The summed E-state index contributed by atoms with van der Waals surface area (Å²) in [6.45, 7) is 0.201. The van der Waals surface area contributed by atoms with Crippen molar-refractivity contribution in [3.63, 3.8) is 0 Å². The molecule has 0 fully saturated rings. The predicted molar refractivity (Wildman–Crippen MR) is 64.3 cm³/mol. The molecule has 5 heteroatoms. The largest absolute Gasteiger partial charge is 0.505 e. The number of hydrogen-bond donors (Lipinski definition) is 1. The van der Waals surface area contributed by atoms with Gasteiger partial charge >= 0.3 is 0 Å². The molecule has 1 aliphatic heterocycles. The monoisotopic (exact) mass is 259 g/mol. The molecule has 1 aromatic heterocycles. The van der Waals surface area contributed by atoms with E-state index in [2.05, 4.69) is 4.98 Å². The minimum absolute atomic E-state index is 0.00195. The molecule has 1 aliphatic rings. The normalized spacial score (nSPS) is 17.2. The number of nitrogens with zero attached hydrogens (tertiary/aromatic N) is 1. The van der Waals surface area contributed by atoms with Gasteiger partial charge in [0.05, 0.1) is 6.61 Å². The van der Waals surface area contributed by atoms with Crippen molar-refractivity contribution in [2.24, 2.45) is 0 Å². The third kappa shape index (κ3) is 1.88. The highest BCUT2D eigenvalue weighted by molar-refractivity contribution is 5.77. The molecule has 0 saturated carbocycles. The van der Waals surface area contributed by atoms with E-state index >= 15 is 0 Å². The third-order valence-corrected chi connectivity index (χ3v) is 3.18. The molecule has 0 spiro atoms. The van der Waals surface area contributed by atoms with Gasteiger partial charge in [0.15, 0.2) is 12.0 Å². The third-order valence-electron chi connectivity index (χ3n) is 3.18. The summed E-state index contributed by atoms with van der Waals surface area (Å²) in [5.74, 6) is -0.462. The fraction of sp³-hybridized carbons (Fsp3) is 0.143. The molecule has 1 N–H and O–H groups in total. The van der Waals surface area contributed by atoms with E-state index in [0.717, 1.165) is 5.56 Å². The van der Waals surface area contributed by atoms with Crippen molar-refractivity contribution in [3.05, 3.63) is 58.7 Å². The molecule has 2 aromatic rings. The summed E-state index contributed by atoms with van der Waals surface area (Å²) in [6, 6.07) is 5.95. The van der Waals surface area contributed by atoms with E-state index in [1.807, 2.05) is 0 Å². The maximum Gasteiger partial charge on any atom is 0.172 e. The first-order valence-corrected chi connectivity index (χ1v) is 5.73. The summed E-state index contributed by atoms with van der Waals surface area (Å²) in [6.07, 6.45) is 1.62. The molecule has 0 radical (unpaired) electrons.